The second kappa shape index (κ2) is 6.83. The third kappa shape index (κ3) is 3.37. The Hall–Kier alpha value is -2.34. The molecule has 1 amide bonds. The van der Waals surface area contributed by atoms with Gasteiger partial charge in [0.2, 0.25) is 0 Å². The zero-order chi connectivity index (χ0) is 16.2. The number of rotatable bonds is 5. The molecule has 1 aromatic carbocycles. The highest BCUT2D eigenvalue weighted by Gasteiger charge is 2.26. The highest BCUT2D eigenvalue weighted by Crippen LogP contribution is 2.21. The summed E-state index contributed by atoms with van der Waals surface area (Å²) in [5.74, 6) is 0.199. The van der Waals surface area contributed by atoms with E-state index in [0.717, 1.165) is 25.1 Å². The molecule has 0 unspecified atom stereocenters. The Labute approximate surface area is 135 Å². The first-order valence-electron chi connectivity index (χ1n) is 7.80. The maximum absolute atomic E-state index is 12.5. The van der Waals surface area contributed by atoms with Crippen molar-refractivity contribution in [2.24, 2.45) is 0 Å². The molecule has 6 heteroatoms. The molecule has 122 valence electrons. The van der Waals surface area contributed by atoms with Crippen LogP contribution in [0.25, 0.3) is 5.69 Å². The zero-order valence-electron chi connectivity index (χ0n) is 13.4. The van der Waals surface area contributed by atoms with Crippen LogP contribution in [0.4, 0.5) is 0 Å². The van der Waals surface area contributed by atoms with Crippen molar-refractivity contribution in [3.63, 3.8) is 0 Å². The molecule has 0 saturated carbocycles. The van der Waals surface area contributed by atoms with E-state index in [4.69, 9.17) is 9.47 Å². The number of hydrogen-bond donors (Lipinski definition) is 1. The standard InChI is InChI=1S/C17H21N3O3/c1-12(14-9-6-10-23-14)18-17(21)16-15(22-2)11-20(19-16)13-7-4-3-5-8-13/h3-5,7-8,11-12,14H,6,9-10H2,1-2H3,(H,18,21)/t12-,14-/m0/s1. The molecule has 2 atom stereocenters. The Morgan fingerprint density at radius 2 is 2.22 bits per heavy atom. The summed E-state index contributed by atoms with van der Waals surface area (Å²) in [7, 11) is 1.53. The lowest BCUT2D eigenvalue weighted by Crippen LogP contribution is -2.41. The Bertz CT molecular complexity index is 663. The van der Waals surface area contributed by atoms with Crippen LogP contribution in [0.3, 0.4) is 0 Å². The van der Waals surface area contributed by atoms with Crippen molar-refractivity contribution in [2.45, 2.75) is 31.9 Å². The molecule has 1 aliphatic heterocycles. The van der Waals surface area contributed by atoms with Gasteiger partial charge in [-0.2, -0.15) is 5.10 Å². The zero-order valence-corrected chi connectivity index (χ0v) is 13.4. The van der Waals surface area contributed by atoms with Crippen molar-refractivity contribution in [2.75, 3.05) is 13.7 Å². The molecule has 6 nitrogen and oxygen atoms in total. The second-order valence-electron chi connectivity index (χ2n) is 5.64. The molecule has 0 aliphatic carbocycles. The molecule has 1 N–H and O–H groups in total. The van der Waals surface area contributed by atoms with E-state index < -0.39 is 0 Å². The maximum atomic E-state index is 12.5. The summed E-state index contributed by atoms with van der Waals surface area (Å²) < 4.78 is 12.6. The first-order valence-corrected chi connectivity index (χ1v) is 7.80. The lowest BCUT2D eigenvalue weighted by Gasteiger charge is -2.19. The van der Waals surface area contributed by atoms with E-state index in [1.165, 1.54) is 7.11 Å². The van der Waals surface area contributed by atoms with Crippen LogP contribution in [0.2, 0.25) is 0 Å². The maximum Gasteiger partial charge on any atom is 0.275 e. The van der Waals surface area contributed by atoms with Gasteiger partial charge in [-0.3, -0.25) is 4.79 Å². The number of hydrogen-bond acceptors (Lipinski definition) is 4. The van der Waals surface area contributed by atoms with E-state index in [2.05, 4.69) is 10.4 Å². The number of nitrogens with one attached hydrogen (secondary N) is 1. The van der Waals surface area contributed by atoms with Crippen LogP contribution in [-0.2, 0) is 4.74 Å². The smallest absolute Gasteiger partial charge is 0.275 e. The van der Waals surface area contributed by atoms with Gasteiger partial charge in [-0.1, -0.05) is 18.2 Å². The number of carbonyl (C=O) groups excluding carboxylic acids is 1. The summed E-state index contributed by atoms with van der Waals surface area (Å²) in [6, 6.07) is 9.55. The van der Waals surface area contributed by atoms with Gasteiger partial charge in [0.05, 0.1) is 31.1 Å². The van der Waals surface area contributed by atoms with Crippen LogP contribution in [0.5, 0.6) is 5.75 Å². The average molecular weight is 315 g/mol. The van der Waals surface area contributed by atoms with Gasteiger partial charge in [-0.25, -0.2) is 4.68 Å². The third-order valence-electron chi connectivity index (χ3n) is 4.02. The molecule has 0 bridgehead atoms. The van der Waals surface area contributed by atoms with Crippen molar-refractivity contribution in [1.29, 1.82) is 0 Å². The van der Waals surface area contributed by atoms with Gasteiger partial charge in [0.15, 0.2) is 11.4 Å². The molecule has 1 fully saturated rings. The summed E-state index contributed by atoms with van der Waals surface area (Å²) in [4.78, 5) is 12.5. The van der Waals surface area contributed by atoms with Crippen molar-refractivity contribution in [3.8, 4) is 11.4 Å². The molecule has 3 rings (SSSR count). The molecule has 2 aromatic rings. The Kier molecular flexibility index (Phi) is 4.62. The molecule has 1 aromatic heterocycles. The van der Waals surface area contributed by atoms with Crippen LogP contribution in [0.15, 0.2) is 36.5 Å². The minimum atomic E-state index is -0.250. The summed E-state index contributed by atoms with van der Waals surface area (Å²) in [5, 5.41) is 7.33. The van der Waals surface area contributed by atoms with Gasteiger partial charge in [0, 0.05) is 6.61 Å². The van der Waals surface area contributed by atoms with Crippen molar-refractivity contribution in [1.82, 2.24) is 15.1 Å². The normalized spacial score (nSPS) is 18.6. The monoisotopic (exact) mass is 315 g/mol. The lowest BCUT2D eigenvalue weighted by molar-refractivity contribution is 0.0707. The SMILES string of the molecule is COc1cn(-c2ccccc2)nc1C(=O)N[C@@H](C)[C@@H]1CCCO1. The van der Waals surface area contributed by atoms with Crippen LogP contribution in [-0.4, -0.2) is 41.6 Å². The Balaban J connectivity index is 1.78. The van der Waals surface area contributed by atoms with Gasteiger partial charge in [0.1, 0.15) is 0 Å². The van der Waals surface area contributed by atoms with E-state index in [0.29, 0.717) is 5.75 Å². The van der Waals surface area contributed by atoms with Crippen LogP contribution in [0.1, 0.15) is 30.3 Å². The largest absolute Gasteiger partial charge is 0.493 e. The number of amides is 1. The Morgan fingerprint density at radius 3 is 2.87 bits per heavy atom. The second-order valence-corrected chi connectivity index (χ2v) is 5.64. The van der Waals surface area contributed by atoms with Crippen molar-refractivity contribution < 1.29 is 14.3 Å². The summed E-state index contributed by atoms with van der Waals surface area (Å²) in [6.45, 7) is 2.71. The predicted octanol–water partition coefficient (Wildman–Crippen LogP) is 2.18. The van der Waals surface area contributed by atoms with E-state index >= 15 is 0 Å². The lowest BCUT2D eigenvalue weighted by atomic mass is 10.1. The van der Waals surface area contributed by atoms with E-state index in [1.54, 1.807) is 10.9 Å². The fourth-order valence-electron chi connectivity index (χ4n) is 2.74. The first kappa shape index (κ1) is 15.6. The Morgan fingerprint density at radius 1 is 1.43 bits per heavy atom. The molecule has 1 saturated heterocycles. The van der Waals surface area contributed by atoms with Gasteiger partial charge in [-0.15, -0.1) is 0 Å². The van der Waals surface area contributed by atoms with Crippen LogP contribution >= 0.6 is 0 Å². The molecular formula is C17H21N3O3. The van der Waals surface area contributed by atoms with Gasteiger partial charge in [0.25, 0.3) is 5.91 Å². The summed E-state index contributed by atoms with van der Waals surface area (Å²) >= 11 is 0. The number of carbonyl (C=O) groups is 1. The minimum Gasteiger partial charge on any atom is -0.493 e. The molecular weight excluding hydrogens is 294 g/mol. The highest BCUT2D eigenvalue weighted by molar-refractivity contribution is 5.95. The number of nitrogens with zero attached hydrogens (tertiary/aromatic N) is 2. The first-order chi connectivity index (χ1) is 11.2. The average Bonchev–Trinajstić information content (AvgIpc) is 3.25. The fraction of sp³-hybridized carbons (Fsp3) is 0.412. The number of ether oxygens (including phenoxy) is 2. The van der Waals surface area contributed by atoms with E-state index in [9.17, 15) is 4.79 Å². The minimum absolute atomic E-state index is 0.0587. The molecule has 0 spiro atoms. The third-order valence-corrected chi connectivity index (χ3v) is 4.02. The fourth-order valence-corrected chi connectivity index (χ4v) is 2.74. The number of aromatic nitrogens is 2. The van der Waals surface area contributed by atoms with Crippen LogP contribution in [0, 0.1) is 0 Å². The number of benzene rings is 1. The topological polar surface area (TPSA) is 65.4 Å². The molecule has 1 aliphatic rings. The predicted molar refractivity (Wildman–Crippen MR) is 86.0 cm³/mol. The van der Waals surface area contributed by atoms with Gasteiger partial charge in [-0.05, 0) is 31.9 Å². The molecule has 23 heavy (non-hydrogen) atoms. The quantitative estimate of drug-likeness (QED) is 0.918. The molecule has 0 radical (unpaired) electrons. The van der Waals surface area contributed by atoms with Gasteiger partial charge >= 0.3 is 0 Å². The number of para-hydroxylation sites is 1. The highest BCUT2D eigenvalue weighted by atomic mass is 16.5. The van der Waals surface area contributed by atoms with E-state index in [1.807, 2.05) is 37.3 Å². The van der Waals surface area contributed by atoms with Gasteiger partial charge < -0.3 is 14.8 Å². The van der Waals surface area contributed by atoms with Crippen molar-refractivity contribution >= 4 is 5.91 Å². The van der Waals surface area contributed by atoms with Crippen molar-refractivity contribution in [3.05, 3.63) is 42.2 Å². The molecule has 2 heterocycles. The number of methoxy groups -OCH3 is 1. The summed E-state index contributed by atoms with van der Waals surface area (Å²) in [5.41, 5.74) is 1.15. The van der Waals surface area contributed by atoms with E-state index in [-0.39, 0.29) is 23.7 Å². The van der Waals surface area contributed by atoms with Crippen LogP contribution < -0.4 is 10.1 Å². The summed E-state index contributed by atoms with van der Waals surface area (Å²) in [6.07, 6.45) is 3.79.